The van der Waals surface area contributed by atoms with E-state index < -0.39 is 6.10 Å². The highest BCUT2D eigenvalue weighted by Crippen LogP contribution is 2.36. The summed E-state index contributed by atoms with van der Waals surface area (Å²) in [7, 11) is 0. The molecule has 1 atom stereocenters. The normalized spacial score (nSPS) is 16.2. The average Bonchev–Trinajstić information content (AvgIpc) is 2.59. The standard InChI is InChI=1S/C19H19BrN2O3/c1-3-10-22-16-9-8-13(11-17(16)25-12(2)19(22)24)21-18(23)14-6-4-5-7-15(14)20/h4-9,11-12H,3,10H2,1-2H3,(H,21,23). The highest BCUT2D eigenvalue weighted by molar-refractivity contribution is 9.10. The topological polar surface area (TPSA) is 58.6 Å². The van der Waals surface area contributed by atoms with E-state index in [1.807, 2.05) is 31.2 Å². The van der Waals surface area contributed by atoms with Crippen LogP contribution in [0.1, 0.15) is 30.6 Å². The van der Waals surface area contributed by atoms with Gasteiger partial charge >= 0.3 is 0 Å². The highest BCUT2D eigenvalue weighted by atomic mass is 79.9. The lowest BCUT2D eigenvalue weighted by Crippen LogP contribution is -2.44. The van der Waals surface area contributed by atoms with Gasteiger partial charge in [-0.25, -0.2) is 0 Å². The maximum atomic E-state index is 12.4. The minimum Gasteiger partial charge on any atom is -0.479 e. The van der Waals surface area contributed by atoms with Gasteiger partial charge in [0.15, 0.2) is 6.10 Å². The van der Waals surface area contributed by atoms with Crippen molar-refractivity contribution in [2.24, 2.45) is 0 Å². The first kappa shape index (κ1) is 17.5. The first-order chi connectivity index (χ1) is 12.0. The van der Waals surface area contributed by atoms with Gasteiger partial charge in [-0.1, -0.05) is 19.1 Å². The van der Waals surface area contributed by atoms with Crippen molar-refractivity contribution in [3.63, 3.8) is 0 Å². The van der Waals surface area contributed by atoms with E-state index in [0.717, 1.165) is 16.6 Å². The Kier molecular flexibility index (Phi) is 5.08. The quantitative estimate of drug-likeness (QED) is 0.832. The molecule has 1 aliphatic heterocycles. The Balaban J connectivity index is 1.86. The number of hydrogen-bond acceptors (Lipinski definition) is 3. The summed E-state index contributed by atoms with van der Waals surface area (Å²) in [5.41, 5.74) is 1.92. The lowest BCUT2D eigenvalue weighted by Gasteiger charge is -2.33. The molecule has 2 amide bonds. The summed E-state index contributed by atoms with van der Waals surface area (Å²) in [5, 5.41) is 2.87. The van der Waals surface area contributed by atoms with Gasteiger partial charge in [0.1, 0.15) is 5.75 Å². The number of halogens is 1. The minimum atomic E-state index is -0.534. The van der Waals surface area contributed by atoms with Crippen LogP contribution in [-0.4, -0.2) is 24.5 Å². The number of anilines is 2. The van der Waals surface area contributed by atoms with Gasteiger partial charge in [0, 0.05) is 22.8 Å². The van der Waals surface area contributed by atoms with Gasteiger partial charge in [-0.2, -0.15) is 0 Å². The Bertz CT molecular complexity index is 822. The number of rotatable bonds is 4. The first-order valence-corrected chi connectivity index (χ1v) is 8.98. The zero-order valence-electron chi connectivity index (χ0n) is 14.1. The second kappa shape index (κ2) is 7.27. The van der Waals surface area contributed by atoms with Crippen LogP contribution in [0.25, 0.3) is 0 Å². The van der Waals surface area contributed by atoms with Crippen molar-refractivity contribution in [2.45, 2.75) is 26.4 Å². The van der Waals surface area contributed by atoms with Crippen LogP contribution in [-0.2, 0) is 4.79 Å². The fourth-order valence-corrected chi connectivity index (χ4v) is 3.25. The molecule has 1 N–H and O–H groups in total. The Labute approximate surface area is 155 Å². The van der Waals surface area contributed by atoms with Crippen LogP contribution < -0.4 is 15.0 Å². The lowest BCUT2D eigenvalue weighted by molar-refractivity contribution is -0.125. The van der Waals surface area contributed by atoms with Gasteiger partial charge in [-0.05, 0) is 53.5 Å². The molecule has 5 nitrogen and oxygen atoms in total. The van der Waals surface area contributed by atoms with E-state index in [-0.39, 0.29) is 11.8 Å². The van der Waals surface area contributed by atoms with Crippen LogP contribution in [0.5, 0.6) is 5.75 Å². The molecule has 1 aliphatic rings. The summed E-state index contributed by atoms with van der Waals surface area (Å²) in [6.07, 6.45) is 0.326. The molecule has 1 unspecified atom stereocenters. The summed E-state index contributed by atoms with van der Waals surface area (Å²) in [5.74, 6) is 0.350. The molecule has 6 heteroatoms. The smallest absolute Gasteiger partial charge is 0.267 e. The molecule has 0 saturated carbocycles. The third-order valence-electron chi connectivity index (χ3n) is 3.99. The summed E-state index contributed by atoms with van der Waals surface area (Å²) in [6, 6.07) is 12.6. The van der Waals surface area contributed by atoms with Gasteiger partial charge in [0.25, 0.3) is 11.8 Å². The van der Waals surface area contributed by atoms with Crippen LogP contribution in [0, 0.1) is 0 Å². The third kappa shape index (κ3) is 3.54. The Morgan fingerprint density at radius 2 is 2.04 bits per heavy atom. The van der Waals surface area contributed by atoms with Gasteiger partial charge < -0.3 is 15.0 Å². The van der Waals surface area contributed by atoms with Gasteiger partial charge in [-0.15, -0.1) is 0 Å². The molecule has 0 spiro atoms. The van der Waals surface area contributed by atoms with Crippen LogP contribution in [0.4, 0.5) is 11.4 Å². The molecular weight excluding hydrogens is 384 g/mol. The number of hydrogen-bond donors (Lipinski definition) is 1. The summed E-state index contributed by atoms with van der Waals surface area (Å²) in [4.78, 5) is 26.5. The molecule has 0 aromatic heterocycles. The molecule has 0 fully saturated rings. The molecule has 0 saturated heterocycles. The number of nitrogens with one attached hydrogen (secondary N) is 1. The Morgan fingerprint density at radius 1 is 1.28 bits per heavy atom. The predicted octanol–water partition coefficient (Wildman–Crippen LogP) is 4.23. The zero-order valence-corrected chi connectivity index (χ0v) is 15.7. The van der Waals surface area contributed by atoms with Crippen molar-refractivity contribution in [2.75, 3.05) is 16.8 Å². The van der Waals surface area contributed by atoms with E-state index in [1.165, 1.54) is 0 Å². The maximum absolute atomic E-state index is 12.4. The van der Waals surface area contributed by atoms with Crippen LogP contribution in [0.15, 0.2) is 46.9 Å². The van der Waals surface area contributed by atoms with Gasteiger partial charge in [0.05, 0.1) is 11.3 Å². The molecule has 3 rings (SSSR count). The second-order valence-electron chi connectivity index (χ2n) is 5.87. The molecule has 1 heterocycles. The second-order valence-corrected chi connectivity index (χ2v) is 6.72. The molecule has 25 heavy (non-hydrogen) atoms. The van der Waals surface area contributed by atoms with Gasteiger partial charge in [0.2, 0.25) is 0 Å². The van der Waals surface area contributed by atoms with Crippen molar-refractivity contribution in [1.29, 1.82) is 0 Å². The first-order valence-electron chi connectivity index (χ1n) is 8.19. The van der Waals surface area contributed by atoms with E-state index in [9.17, 15) is 9.59 Å². The molecule has 0 radical (unpaired) electrons. The van der Waals surface area contributed by atoms with Crippen molar-refractivity contribution >= 4 is 39.1 Å². The van der Waals surface area contributed by atoms with E-state index in [1.54, 1.807) is 30.0 Å². The molecule has 2 aromatic carbocycles. The highest BCUT2D eigenvalue weighted by Gasteiger charge is 2.31. The predicted molar refractivity (Wildman–Crippen MR) is 101 cm³/mol. The number of amides is 2. The summed E-state index contributed by atoms with van der Waals surface area (Å²) >= 11 is 3.38. The number of carbonyl (C=O) groups excluding carboxylic acids is 2. The van der Waals surface area contributed by atoms with Crippen molar-refractivity contribution in [1.82, 2.24) is 0 Å². The summed E-state index contributed by atoms with van der Waals surface area (Å²) < 4.78 is 6.45. The zero-order chi connectivity index (χ0) is 18.0. The number of nitrogens with zero attached hydrogens (tertiary/aromatic N) is 1. The van der Waals surface area contributed by atoms with Crippen molar-refractivity contribution in [3.8, 4) is 5.75 Å². The maximum Gasteiger partial charge on any atom is 0.267 e. The van der Waals surface area contributed by atoms with E-state index >= 15 is 0 Å². The molecule has 0 aliphatic carbocycles. The molecule has 130 valence electrons. The van der Waals surface area contributed by atoms with Gasteiger partial charge in [-0.3, -0.25) is 9.59 Å². The number of carbonyl (C=O) groups is 2. The van der Waals surface area contributed by atoms with E-state index in [4.69, 9.17) is 4.74 Å². The lowest BCUT2D eigenvalue weighted by atomic mass is 10.1. The number of benzene rings is 2. The third-order valence-corrected chi connectivity index (χ3v) is 4.68. The molecule has 0 bridgehead atoms. The SMILES string of the molecule is CCCN1C(=O)C(C)Oc2cc(NC(=O)c3ccccc3Br)ccc21. The van der Waals surface area contributed by atoms with Crippen molar-refractivity contribution in [3.05, 3.63) is 52.5 Å². The average molecular weight is 403 g/mol. The van der Waals surface area contributed by atoms with Crippen LogP contribution in [0.3, 0.4) is 0 Å². The number of ether oxygens (including phenoxy) is 1. The Hall–Kier alpha value is -2.34. The largest absolute Gasteiger partial charge is 0.479 e. The minimum absolute atomic E-state index is 0.0423. The Morgan fingerprint density at radius 3 is 2.76 bits per heavy atom. The van der Waals surface area contributed by atoms with Crippen LogP contribution >= 0.6 is 15.9 Å². The summed E-state index contributed by atoms with van der Waals surface area (Å²) in [6.45, 7) is 4.40. The molecule has 2 aromatic rings. The van der Waals surface area contributed by atoms with Crippen LogP contribution in [0.2, 0.25) is 0 Å². The number of fused-ring (bicyclic) bond motifs is 1. The van der Waals surface area contributed by atoms with E-state index in [2.05, 4.69) is 21.2 Å². The fourth-order valence-electron chi connectivity index (χ4n) is 2.79. The van der Waals surface area contributed by atoms with E-state index in [0.29, 0.717) is 23.5 Å². The van der Waals surface area contributed by atoms with Crippen molar-refractivity contribution < 1.29 is 14.3 Å². The fraction of sp³-hybridized carbons (Fsp3) is 0.263. The molecular formula is C19H19BrN2O3. The monoisotopic (exact) mass is 402 g/mol.